The van der Waals surface area contributed by atoms with Gasteiger partial charge in [-0.25, -0.2) is 4.79 Å². The molecule has 2 N–H and O–H groups in total. The average molecular weight is 343 g/mol. The van der Waals surface area contributed by atoms with Crippen LogP contribution in [-0.4, -0.2) is 44.5 Å². The normalized spacial score (nSPS) is 18.4. The van der Waals surface area contributed by atoms with E-state index in [9.17, 15) is 4.79 Å². The molecule has 142 valence electrons. The van der Waals surface area contributed by atoms with E-state index >= 15 is 0 Å². The van der Waals surface area contributed by atoms with Gasteiger partial charge in [0.15, 0.2) is 0 Å². The summed E-state index contributed by atoms with van der Waals surface area (Å²) in [5.41, 5.74) is 0.0424. The first-order chi connectivity index (χ1) is 11.3. The zero-order chi connectivity index (χ0) is 18.1. The lowest BCUT2D eigenvalue weighted by molar-refractivity contribution is 0.0526. The third kappa shape index (κ3) is 8.34. The van der Waals surface area contributed by atoms with Crippen LogP contribution in [0.4, 0.5) is 4.79 Å². The number of methoxy groups -OCH3 is 1. The Labute approximate surface area is 148 Å². The molecular formula is C19H38N2O3. The predicted octanol–water partition coefficient (Wildman–Crippen LogP) is 3.87. The quantitative estimate of drug-likeness (QED) is 0.592. The van der Waals surface area contributed by atoms with Gasteiger partial charge in [-0.3, -0.25) is 0 Å². The Morgan fingerprint density at radius 2 is 1.92 bits per heavy atom. The smallest absolute Gasteiger partial charge is 0.407 e. The molecule has 1 amide bonds. The molecule has 0 radical (unpaired) electrons. The number of carbonyl (C=O) groups excluding carboxylic acids is 1. The van der Waals surface area contributed by atoms with E-state index in [4.69, 9.17) is 9.47 Å². The van der Waals surface area contributed by atoms with Crippen molar-refractivity contribution in [1.29, 1.82) is 0 Å². The summed E-state index contributed by atoms with van der Waals surface area (Å²) in [5, 5.41) is 6.53. The molecule has 1 saturated carbocycles. The summed E-state index contributed by atoms with van der Waals surface area (Å²) in [6.07, 6.45) is 8.24. The second-order valence-electron chi connectivity index (χ2n) is 8.16. The number of nitrogens with one attached hydrogen (secondary N) is 2. The molecular weight excluding hydrogens is 304 g/mol. The van der Waals surface area contributed by atoms with Crippen molar-refractivity contribution in [1.82, 2.24) is 10.6 Å². The van der Waals surface area contributed by atoms with Gasteiger partial charge < -0.3 is 20.1 Å². The minimum atomic E-state index is -0.444. The summed E-state index contributed by atoms with van der Waals surface area (Å²) in [4.78, 5) is 11.6. The van der Waals surface area contributed by atoms with Crippen molar-refractivity contribution in [2.75, 3.05) is 26.8 Å². The minimum absolute atomic E-state index is 0.338. The fourth-order valence-corrected chi connectivity index (χ4v) is 3.44. The van der Waals surface area contributed by atoms with Gasteiger partial charge in [0, 0.05) is 26.2 Å². The Morgan fingerprint density at radius 1 is 1.25 bits per heavy atom. The summed E-state index contributed by atoms with van der Waals surface area (Å²) in [5.74, 6) is 0. The van der Waals surface area contributed by atoms with Crippen molar-refractivity contribution in [2.45, 2.75) is 84.3 Å². The van der Waals surface area contributed by atoms with Crippen LogP contribution in [-0.2, 0) is 9.47 Å². The van der Waals surface area contributed by atoms with Gasteiger partial charge in [0.2, 0.25) is 0 Å². The van der Waals surface area contributed by atoms with Crippen LogP contribution in [0, 0.1) is 5.41 Å². The van der Waals surface area contributed by atoms with Gasteiger partial charge in [-0.05, 0) is 58.3 Å². The summed E-state index contributed by atoms with van der Waals surface area (Å²) in [6, 6.07) is 0.347. The molecule has 1 rings (SSSR count). The van der Waals surface area contributed by atoms with E-state index in [0.29, 0.717) is 24.6 Å². The van der Waals surface area contributed by atoms with Crippen LogP contribution < -0.4 is 10.6 Å². The van der Waals surface area contributed by atoms with Crippen molar-refractivity contribution in [3.63, 3.8) is 0 Å². The molecule has 0 aromatic heterocycles. The van der Waals surface area contributed by atoms with E-state index in [1.54, 1.807) is 7.11 Å². The summed E-state index contributed by atoms with van der Waals surface area (Å²) in [6.45, 7) is 10.4. The molecule has 1 aliphatic rings. The molecule has 0 aromatic carbocycles. The summed E-state index contributed by atoms with van der Waals surface area (Å²) >= 11 is 0. The highest BCUT2D eigenvalue weighted by molar-refractivity contribution is 5.67. The standard InChI is InChI=1S/C19H38N2O3/c1-6-19(11-7-8-12-19)15-21-16(14-23-5)10-9-13-20-17(22)24-18(2,3)4/h16,21H,6-15H2,1-5H3,(H,20,22). The van der Waals surface area contributed by atoms with Gasteiger partial charge in [-0.15, -0.1) is 0 Å². The SMILES string of the molecule is CCC1(CNC(CCCNC(=O)OC(C)(C)C)COC)CCCC1. The molecule has 0 saturated heterocycles. The molecule has 0 bridgehead atoms. The highest BCUT2D eigenvalue weighted by Crippen LogP contribution is 2.40. The molecule has 5 nitrogen and oxygen atoms in total. The number of hydrogen-bond donors (Lipinski definition) is 2. The van der Waals surface area contributed by atoms with Gasteiger partial charge in [0.1, 0.15) is 5.60 Å². The van der Waals surface area contributed by atoms with Gasteiger partial charge >= 0.3 is 6.09 Å². The molecule has 1 fully saturated rings. The Morgan fingerprint density at radius 3 is 2.46 bits per heavy atom. The maximum atomic E-state index is 11.6. The zero-order valence-electron chi connectivity index (χ0n) is 16.4. The monoisotopic (exact) mass is 342 g/mol. The molecule has 5 heteroatoms. The van der Waals surface area contributed by atoms with Crippen LogP contribution in [0.1, 0.15) is 72.6 Å². The van der Waals surface area contributed by atoms with Crippen LogP contribution in [0.2, 0.25) is 0 Å². The van der Waals surface area contributed by atoms with E-state index in [0.717, 1.165) is 19.4 Å². The van der Waals surface area contributed by atoms with Gasteiger partial charge in [0.25, 0.3) is 0 Å². The van der Waals surface area contributed by atoms with Gasteiger partial charge in [-0.1, -0.05) is 19.8 Å². The van der Waals surface area contributed by atoms with Crippen LogP contribution >= 0.6 is 0 Å². The van der Waals surface area contributed by atoms with Crippen molar-refractivity contribution < 1.29 is 14.3 Å². The zero-order valence-corrected chi connectivity index (χ0v) is 16.4. The van der Waals surface area contributed by atoms with Crippen LogP contribution in [0.5, 0.6) is 0 Å². The largest absolute Gasteiger partial charge is 0.444 e. The lowest BCUT2D eigenvalue weighted by Gasteiger charge is -2.30. The number of rotatable bonds is 10. The summed E-state index contributed by atoms with van der Waals surface area (Å²) in [7, 11) is 1.75. The highest BCUT2D eigenvalue weighted by atomic mass is 16.6. The topological polar surface area (TPSA) is 59.6 Å². The molecule has 0 spiro atoms. The fraction of sp³-hybridized carbons (Fsp3) is 0.947. The second-order valence-corrected chi connectivity index (χ2v) is 8.16. The lowest BCUT2D eigenvalue weighted by atomic mass is 9.83. The third-order valence-electron chi connectivity index (χ3n) is 4.95. The van der Waals surface area contributed by atoms with Crippen molar-refractivity contribution in [3.8, 4) is 0 Å². The molecule has 1 unspecified atom stereocenters. The molecule has 24 heavy (non-hydrogen) atoms. The van der Waals surface area contributed by atoms with Crippen LogP contribution in [0.25, 0.3) is 0 Å². The van der Waals surface area contributed by atoms with E-state index in [-0.39, 0.29) is 6.09 Å². The highest BCUT2D eigenvalue weighted by Gasteiger charge is 2.32. The number of alkyl carbamates (subject to hydrolysis) is 1. The average Bonchev–Trinajstić information content (AvgIpc) is 2.96. The molecule has 0 aliphatic heterocycles. The van der Waals surface area contributed by atoms with E-state index in [1.165, 1.54) is 32.1 Å². The lowest BCUT2D eigenvalue weighted by Crippen LogP contribution is -2.41. The first kappa shape index (κ1) is 21.2. The Hall–Kier alpha value is -0.810. The van der Waals surface area contributed by atoms with Gasteiger partial charge in [-0.2, -0.15) is 0 Å². The Balaban J connectivity index is 2.26. The Bertz CT molecular complexity index is 360. The predicted molar refractivity (Wildman–Crippen MR) is 98.3 cm³/mol. The second kappa shape index (κ2) is 10.2. The first-order valence-electron chi connectivity index (χ1n) is 9.49. The van der Waals surface area contributed by atoms with Crippen LogP contribution in [0.3, 0.4) is 0 Å². The van der Waals surface area contributed by atoms with Crippen molar-refractivity contribution in [3.05, 3.63) is 0 Å². The molecule has 1 atom stereocenters. The Kier molecular flexibility index (Phi) is 9.06. The number of carbonyl (C=O) groups is 1. The maximum Gasteiger partial charge on any atom is 0.407 e. The number of hydrogen-bond acceptors (Lipinski definition) is 4. The number of ether oxygens (including phenoxy) is 2. The third-order valence-corrected chi connectivity index (χ3v) is 4.95. The fourth-order valence-electron chi connectivity index (χ4n) is 3.44. The van der Waals surface area contributed by atoms with E-state index < -0.39 is 5.60 Å². The first-order valence-corrected chi connectivity index (χ1v) is 9.49. The number of amides is 1. The van der Waals surface area contributed by atoms with Crippen molar-refractivity contribution in [2.24, 2.45) is 5.41 Å². The van der Waals surface area contributed by atoms with Crippen molar-refractivity contribution >= 4 is 6.09 Å². The molecule has 0 aromatic rings. The van der Waals surface area contributed by atoms with Crippen LogP contribution in [0.15, 0.2) is 0 Å². The van der Waals surface area contributed by atoms with E-state index in [2.05, 4.69) is 17.6 Å². The maximum absolute atomic E-state index is 11.6. The summed E-state index contributed by atoms with van der Waals surface area (Å²) < 4.78 is 10.6. The van der Waals surface area contributed by atoms with Gasteiger partial charge in [0.05, 0.1) is 6.61 Å². The molecule has 1 aliphatic carbocycles. The minimum Gasteiger partial charge on any atom is -0.444 e. The van der Waals surface area contributed by atoms with E-state index in [1.807, 2.05) is 20.8 Å². The molecule has 0 heterocycles.